The molecule has 1 atom stereocenters. The molecule has 32 heavy (non-hydrogen) atoms. The number of nitrogens with zero attached hydrogens (tertiary/aromatic N) is 3. The number of nitrogens with one attached hydrogen (secondary N) is 1. The molecule has 168 valence electrons. The first-order valence-corrected chi connectivity index (χ1v) is 11.2. The number of carbonyl (C=O) groups is 1. The Morgan fingerprint density at radius 3 is 2.78 bits per heavy atom. The highest BCUT2D eigenvalue weighted by molar-refractivity contribution is 5.85. The second-order valence-electron chi connectivity index (χ2n) is 8.37. The van der Waals surface area contributed by atoms with Crippen molar-refractivity contribution in [3.63, 3.8) is 0 Å². The number of methoxy groups -OCH3 is 1. The molecule has 0 unspecified atom stereocenters. The molecule has 1 saturated carbocycles. The lowest BCUT2D eigenvalue weighted by Gasteiger charge is -2.14. The van der Waals surface area contributed by atoms with Gasteiger partial charge in [0.05, 0.1) is 37.9 Å². The lowest BCUT2D eigenvalue weighted by Crippen LogP contribution is -2.14. The molecule has 2 aliphatic rings. The van der Waals surface area contributed by atoms with Gasteiger partial charge in [-0.05, 0) is 56.4 Å². The molecular formula is C24H28N4O4. The molecule has 5 rings (SSSR count). The van der Waals surface area contributed by atoms with Crippen LogP contribution in [0.25, 0.3) is 22.3 Å². The van der Waals surface area contributed by atoms with Gasteiger partial charge in [-0.2, -0.15) is 0 Å². The number of fused-ring (bicyclic) bond motifs is 1. The van der Waals surface area contributed by atoms with E-state index in [4.69, 9.17) is 19.2 Å². The van der Waals surface area contributed by atoms with Crippen molar-refractivity contribution in [2.45, 2.75) is 38.6 Å². The zero-order valence-corrected chi connectivity index (χ0v) is 18.5. The molecule has 2 fully saturated rings. The first-order chi connectivity index (χ1) is 15.7. The van der Waals surface area contributed by atoms with E-state index in [-0.39, 0.29) is 5.91 Å². The number of rotatable bonds is 9. The SMILES string of the molecule is CCOc1ccc(-c2cc3ncn(C4CC4)c3c(OCC[C@H]3CNC(=O)C3)n2)cc1OC. The predicted molar refractivity (Wildman–Crippen MR) is 120 cm³/mol. The van der Waals surface area contributed by atoms with Crippen LogP contribution < -0.4 is 19.5 Å². The zero-order valence-electron chi connectivity index (χ0n) is 18.5. The van der Waals surface area contributed by atoms with Gasteiger partial charge in [0.25, 0.3) is 0 Å². The molecule has 0 radical (unpaired) electrons. The highest BCUT2D eigenvalue weighted by atomic mass is 16.5. The Morgan fingerprint density at radius 2 is 2.06 bits per heavy atom. The van der Waals surface area contributed by atoms with Gasteiger partial charge in [0.15, 0.2) is 11.5 Å². The summed E-state index contributed by atoms with van der Waals surface area (Å²) in [4.78, 5) is 21.0. The number of hydrogen-bond acceptors (Lipinski definition) is 6. The third kappa shape index (κ3) is 4.09. The van der Waals surface area contributed by atoms with E-state index in [1.807, 2.05) is 37.5 Å². The molecule has 1 aromatic carbocycles. The van der Waals surface area contributed by atoms with Crippen molar-refractivity contribution in [2.75, 3.05) is 26.9 Å². The largest absolute Gasteiger partial charge is 0.493 e. The van der Waals surface area contributed by atoms with E-state index in [1.54, 1.807) is 7.11 Å². The van der Waals surface area contributed by atoms with Crippen LogP contribution in [0.4, 0.5) is 0 Å². The molecule has 0 bridgehead atoms. The van der Waals surface area contributed by atoms with E-state index < -0.39 is 0 Å². The minimum Gasteiger partial charge on any atom is -0.493 e. The normalized spacial score (nSPS) is 18.1. The quantitative estimate of drug-likeness (QED) is 0.550. The number of amides is 1. The van der Waals surface area contributed by atoms with Crippen LogP contribution >= 0.6 is 0 Å². The fourth-order valence-corrected chi connectivity index (χ4v) is 4.20. The Kier molecular flexibility index (Phi) is 5.59. The van der Waals surface area contributed by atoms with Crippen LogP contribution in [0.2, 0.25) is 0 Å². The average Bonchev–Trinajstić information content (AvgIpc) is 3.42. The number of hydrogen-bond donors (Lipinski definition) is 1. The summed E-state index contributed by atoms with van der Waals surface area (Å²) >= 11 is 0. The van der Waals surface area contributed by atoms with Gasteiger partial charge in [0.2, 0.25) is 11.8 Å². The van der Waals surface area contributed by atoms with E-state index in [0.717, 1.165) is 48.1 Å². The van der Waals surface area contributed by atoms with Crippen LogP contribution in [0.15, 0.2) is 30.6 Å². The number of pyridine rings is 1. The standard InChI is InChI=1S/C24H28N4O4/c1-3-31-20-7-4-16(11-21(20)30-2)18-12-19-23(28(14-26-19)17-5-6-17)24(27-18)32-9-8-15-10-22(29)25-13-15/h4,7,11-12,14-15,17H,3,5-6,8-10,13H2,1-2H3,(H,25,29)/t15-/m1/s1. The lowest BCUT2D eigenvalue weighted by atomic mass is 10.1. The van der Waals surface area contributed by atoms with Gasteiger partial charge in [-0.25, -0.2) is 9.97 Å². The molecule has 1 saturated heterocycles. The number of aromatic nitrogens is 3. The summed E-state index contributed by atoms with van der Waals surface area (Å²) in [6.45, 7) is 3.74. The van der Waals surface area contributed by atoms with Crippen molar-refractivity contribution in [3.05, 3.63) is 30.6 Å². The Bertz CT molecular complexity index is 1140. The zero-order chi connectivity index (χ0) is 22.1. The van der Waals surface area contributed by atoms with Gasteiger partial charge in [0, 0.05) is 24.6 Å². The minimum atomic E-state index is 0.119. The van der Waals surface area contributed by atoms with Crippen LogP contribution in [-0.4, -0.2) is 47.3 Å². The Labute approximate surface area is 186 Å². The van der Waals surface area contributed by atoms with Crippen LogP contribution in [0.1, 0.15) is 38.6 Å². The van der Waals surface area contributed by atoms with Crippen molar-refractivity contribution in [3.8, 4) is 28.6 Å². The van der Waals surface area contributed by atoms with E-state index >= 15 is 0 Å². The third-order valence-electron chi connectivity index (χ3n) is 6.05. The summed E-state index contributed by atoms with van der Waals surface area (Å²) in [5.74, 6) is 2.38. The lowest BCUT2D eigenvalue weighted by molar-refractivity contribution is -0.119. The highest BCUT2D eigenvalue weighted by Crippen LogP contribution is 2.40. The summed E-state index contributed by atoms with van der Waals surface area (Å²) < 4.78 is 19.5. The van der Waals surface area contributed by atoms with Gasteiger partial charge in [0.1, 0.15) is 5.52 Å². The summed E-state index contributed by atoms with van der Waals surface area (Å²) in [6, 6.07) is 8.26. The summed E-state index contributed by atoms with van der Waals surface area (Å²) in [5.41, 5.74) is 3.48. The van der Waals surface area contributed by atoms with Gasteiger partial charge >= 0.3 is 0 Å². The van der Waals surface area contributed by atoms with E-state index in [2.05, 4.69) is 14.9 Å². The van der Waals surface area contributed by atoms with Crippen molar-refractivity contribution in [1.82, 2.24) is 19.9 Å². The summed E-state index contributed by atoms with van der Waals surface area (Å²) in [5, 5.41) is 2.88. The molecule has 1 N–H and O–H groups in total. The maximum absolute atomic E-state index is 11.5. The molecule has 8 heteroatoms. The highest BCUT2D eigenvalue weighted by Gasteiger charge is 2.28. The van der Waals surface area contributed by atoms with E-state index in [9.17, 15) is 4.79 Å². The summed E-state index contributed by atoms with van der Waals surface area (Å²) in [6.07, 6.45) is 5.56. The van der Waals surface area contributed by atoms with Gasteiger partial charge in [-0.15, -0.1) is 0 Å². The van der Waals surface area contributed by atoms with Crippen LogP contribution in [0.5, 0.6) is 17.4 Å². The van der Waals surface area contributed by atoms with Crippen molar-refractivity contribution < 1.29 is 19.0 Å². The van der Waals surface area contributed by atoms with E-state index in [0.29, 0.717) is 49.0 Å². The molecule has 3 heterocycles. The summed E-state index contributed by atoms with van der Waals surface area (Å²) in [7, 11) is 1.63. The van der Waals surface area contributed by atoms with Gasteiger partial charge in [-0.3, -0.25) is 4.79 Å². The number of benzene rings is 1. The Morgan fingerprint density at radius 1 is 1.19 bits per heavy atom. The minimum absolute atomic E-state index is 0.119. The molecule has 1 aliphatic carbocycles. The number of carbonyl (C=O) groups excluding carboxylic acids is 1. The Hall–Kier alpha value is -3.29. The van der Waals surface area contributed by atoms with Crippen LogP contribution in [0, 0.1) is 5.92 Å². The second-order valence-corrected chi connectivity index (χ2v) is 8.37. The number of ether oxygens (including phenoxy) is 3. The van der Waals surface area contributed by atoms with Crippen molar-refractivity contribution in [1.29, 1.82) is 0 Å². The fraction of sp³-hybridized carbons (Fsp3) is 0.458. The predicted octanol–water partition coefficient (Wildman–Crippen LogP) is 3.75. The molecule has 3 aromatic rings. The molecule has 8 nitrogen and oxygen atoms in total. The van der Waals surface area contributed by atoms with Gasteiger partial charge < -0.3 is 24.1 Å². The van der Waals surface area contributed by atoms with Gasteiger partial charge in [-0.1, -0.05) is 0 Å². The average molecular weight is 437 g/mol. The van der Waals surface area contributed by atoms with Crippen molar-refractivity contribution in [2.24, 2.45) is 5.92 Å². The first-order valence-electron chi connectivity index (χ1n) is 11.2. The smallest absolute Gasteiger partial charge is 0.240 e. The first kappa shape index (κ1) is 20.6. The topological polar surface area (TPSA) is 87.5 Å². The molecule has 1 aliphatic heterocycles. The monoisotopic (exact) mass is 436 g/mol. The van der Waals surface area contributed by atoms with Crippen molar-refractivity contribution >= 4 is 16.9 Å². The van der Waals surface area contributed by atoms with Crippen LogP contribution in [0.3, 0.4) is 0 Å². The molecule has 2 aromatic heterocycles. The third-order valence-corrected chi connectivity index (χ3v) is 6.05. The second kappa shape index (κ2) is 8.68. The molecular weight excluding hydrogens is 408 g/mol. The number of imidazole rings is 1. The maximum atomic E-state index is 11.5. The maximum Gasteiger partial charge on any atom is 0.240 e. The van der Waals surface area contributed by atoms with E-state index in [1.165, 1.54) is 0 Å². The van der Waals surface area contributed by atoms with Crippen LogP contribution in [-0.2, 0) is 4.79 Å². The Balaban J connectivity index is 1.47. The fourth-order valence-electron chi connectivity index (χ4n) is 4.20. The molecule has 1 amide bonds. The molecule has 0 spiro atoms.